The van der Waals surface area contributed by atoms with Crippen molar-refractivity contribution >= 4 is 52.2 Å². The summed E-state index contributed by atoms with van der Waals surface area (Å²) in [4.78, 5) is 53.6. The number of hydrogen-bond acceptors (Lipinski definition) is 21. The van der Waals surface area contributed by atoms with Crippen LogP contribution in [0.3, 0.4) is 0 Å². The first kappa shape index (κ1) is 85.1. The van der Waals surface area contributed by atoms with Gasteiger partial charge in [0.2, 0.25) is 0 Å². The molecule has 7 rings (SSSR count). The molecule has 0 amide bonds. The first-order valence-electron chi connectivity index (χ1n) is 35.2. The molecule has 0 aliphatic carbocycles. The number of carbonyl (C=O) groups is 4. The molecule has 23 heteroatoms. The summed E-state index contributed by atoms with van der Waals surface area (Å²) in [5.74, 6) is -2.05. The number of esters is 4. The molecule has 2 saturated heterocycles. The Kier molecular flexibility index (Phi) is 34.2. The number of carbonyl (C=O) groups excluding carboxylic acids is 4. The van der Waals surface area contributed by atoms with E-state index in [2.05, 4.69) is 39.3 Å². The van der Waals surface area contributed by atoms with Crippen LogP contribution in [0, 0.1) is 6.92 Å². The van der Waals surface area contributed by atoms with Gasteiger partial charge < -0.3 is 80.9 Å². The van der Waals surface area contributed by atoms with Gasteiger partial charge >= 0.3 is 23.9 Å². The molecule has 0 aromatic heterocycles. The fourth-order valence-electron chi connectivity index (χ4n) is 10.9. The van der Waals surface area contributed by atoms with Crippen molar-refractivity contribution in [1.29, 1.82) is 0 Å². The fraction of sp³-hybridized carbons (Fsp3) is 0.481. The van der Waals surface area contributed by atoms with Crippen LogP contribution in [0.15, 0.2) is 146 Å². The summed E-state index contributed by atoms with van der Waals surface area (Å²) in [6.07, 6.45) is 11.8. The maximum atomic E-state index is 13.7. The summed E-state index contributed by atoms with van der Waals surface area (Å²) in [6, 6.07) is 34.0. The summed E-state index contributed by atoms with van der Waals surface area (Å²) >= 11 is 0. The molecule has 1 N–H and O–H groups in total. The third kappa shape index (κ3) is 29.3. The van der Waals surface area contributed by atoms with E-state index in [-0.39, 0.29) is 44.4 Å². The van der Waals surface area contributed by atoms with Crippen LogP contribution in [0.1, 0.15) is 131 Å². The molecule has 8 atom stereocenters. The Labute approximate surface area is 617 Å². The third-order valence-corrected chi connectivity index (χ3v) is 19.6. The van der Waals surface area contributed by atoms with Crippen LogP contribution in [0.4, 0.5) is 0 Å². The highest BCUT2D eigenvalue weighted by molar-refractivity contribution is 6.76. The molecule has 2 heterocycles. The van der Waals surface area contributed by atoms with Crippen LogP contribution in [-0.4, -0.2) is 168 Å². The lowest BCUT2D eigenvalue weighted by Crippen LogP contribution is -2.37. The third-order valence-electron chi connectivity index (χ3n) is 16.2. The smallest absolute Gasteiger partial charge is 0.342 e. The minimum atomic E-state index is -1.47. The van der Waals surface area contributed by atoms with Crippen molar-refractivity contribution in [2.45, 2.75) is 193 Å². The molecule has 2 fully saturated rings. The standard InChI is InChI=1S/C45H60O12Si.C36H50O9Si/c1-32(52-29-33-21-23-36(50-6)24-22-33)15-13-19-38(55-43(46)34-16-11-10-12-17-34)42-39(56-45(2,3)57-42)20-14-18-35-27-37(53-30-48-4)28-40(54-31-49-5)41(35)44(47)51-25-26-58(7,8)9;1-25-22-28(32(31(23-25)42-24-40-5)35(39)41-20-21-46(6,7)8)17-13-19-30-33(45-36(3,4)44-30)29(18-12-14-26(2)37)43-34(38)27-15-10-9-11-16-27/h10-14,16-19,21-24,27-28,32,38-39,42H,15,20,25-26,29-31H2,1-9H3;9-13,15-18,22-23,26,29-30,33,37H,14,19-21,24H2,1-8H3/b18-14+,19-13-;17-13+,18-12-/t32-,38?,39?,42?;26-,29?,30?,33?/m01/s1. The Hall–Kier alpha value is -7.79. The molecule has 104 heavy (non-hydrogen) atoms. The van der Waals surface area contributed by atoms with E-state index in [1.807, 2.05) is 114 Å². The lowest BCUT2D eigenvalue weighted by molar-refractivity contribution is -0.153. The van der Waals surface area contributed by atoms with Gasteiger partial charge in [0.15, 0.2) is 32.0 Å². The van der Waals surface area contributed by atoms with Crippen LogP contribution in [0.2, 0.25) is 51.4 Å². The van der Waals surface area contributed by atoms with Gasteiger partial charge in [0.1, 0.15) is 58.5 Å². The molecule has 21 nitrogen and oxygen atoms in total. The van der Waals surface area contributed by atoms with E-state index >= 15 is 0 Å². The lowest BCUT2D eigenvalue weighted by Gasteiger charge is -2.24. The normalized spacial score (nSPS) is 18.4. The summed E-state index contributed by atoms with van der Waals surface area (Å²) < 4.78 is 93.2. The number of hydrogen-bond donors (Lipinski definition) is 1. The second kappa shape index (κ2) is 41.8. The number of rotatable bonds is 39. The number of aliphatic hydroxyl groups excluding tert-OH is 1. The average Bonchev–Trinajstić information content (AvgIpc) is 1.54. The van der Waals surface area contributed by atoms with Crippen molar-refractivity contribution in [2.24, 2.45) is 0 Å². The van der Waals surface area contributed by atoms with Crippen molar-refractivity contribution in [3.05, 3.63) is 190 Å². The Morgan fingerprint density at radius 2 is 0.971 bits per heavy atom. The van der Waals surface area contributed by atoms with E-state index in [9.17, 15) is 24.3 Å². The summed E-state index contributed by atoms with van der Waals surface area (Å²) in [7, 11) is 3.30. The molecular weight excluding hydrogens is 1370 g/mol. The van der Waals surface area contributed by atoms with E-state index in [0.717, 1.165) is 29.0 Å². The number of ether oxygens (including phenoxy) is 16. The Morgan fingerprint density at radius 3 is 1.41 bits per heavy atom. The molecule has 2 aliphatic heterocycles. The van der Waals surface area contributed by atoms with Crippen molar-refractivity contribution < 1.29 is 100 Å². The number of benzene rings is 5. The van der Waals surface area contributed by atoms with Gasteiger partial charge in [0, 0.05) is 43.5 Å². The molecule has 0 spiro atoms. The highest BCUT2D eigenvalue weighted by Gasteiger charge is 2.47. The highest BCUT2D eigenvalue weighted by Crippen LogP contribution is 2.38. The van der Waals surface area contributed by atoms with Crippen LogP contribution in [-0.2, 0) is 63.4 Å². The molecule has 0 saturated carbocycles. The molecule has 2 aliphatic rings. The fourth-order valence-corrected chi connectivity index (χ4v) is 12.4. The quantitative estimate of drug-likeness (QED) is 0.0126. The summed E-state index contributed by atoms with van der Waals surface area (Å²) in [5.41, 5.74) is 4.46. The molecule has 5 aromatic carbocycles. The van der Waals surface area contributed by atoms with Gasteiger partial charge in [0.25, 0.3) is 0 Å². The molecule has 6 unspecified atom stereocenters. The van der Waals surface area contributed by atoms with Gasteiger partial charge in [-0.2, -0.15) is 0 Å². The first-order chi connectivity index (χ1) is 49.4. The molecule has 0 bridgehead atoms. The minimum Gasteiger partial charge on any atom is -0.497 e. The van der Waals surface area contributed by atoms with Gasteiger partial charge in [0.05, 0.1) is 62.5 Å². The summed E-state index contributed by atoms with van der Waals surface area (Å²) in [5, 5.41) is 9.81. The largest absolute Gasteiger partial charge is 0.497 e. The average molecular weight is 1480 g/mol. The van der Waals surface area contributed by atoms with Gasteiger partial charge in [-0.3, -0.25) is 0 Å². The van der Waals surface area contributed by atoms with Gasteiger partial charge in [-0.1, -0.05) is 130 Å². The SMILES string of the molecule is COCOc1cc(/C=C/CC2OC(C)(C)OC2C(/C=C\C[C@H](C)OCc2ccc(OC)cc2)OC(=O)c2ccccc2)c(C(=O)OCC[Si](C)(C)C)c(OCOC)c1.COCOc1cc(C)cc(/C=C/CC2OC(C)(C)OC2C(/C=C\C[C@@H](C)O)OC(=O)c2ccccc2)c1C(=O)OCC[Si](C)(C)C. The predicted octanol–water partition coefficient (Wildman–Crippen LogP) is 15.8. The molecule has 0 radical (unpaired) electrons. The monoisotopic (exact) mass is 1470 g/mol. The van der Waals surface area contributed by atoms with E-state index < -0.39 is 94.3 Å². The maximum Gasteiger partial charge on any atom is 0.342 e. The first-order valence-corrected chi connectivity index (χ1v) is 42.7. The Bertz CT molecular complexity index is 3600. The number of aliphatic hydroxyl groups is 1. The van der Waals surface area contributed by atoms with E-state index in [0.29, 0.717) is 78.2 Å². The van der Waals surface area contributed by atoms with Gasteiger partial charge in [-0.05, 0) is 169 Å². The number of methoxy groups -OCH3 is 4. The van der Waals surface area contributed by atoms with E-state index in [1.165, 1.54) is 21.3 Å². The van der Waals surface area contributed by atoms with Crippen molar-refractivity contribution in [3.8, 4) is 23.0 Å². The lowest BCUT2D eigenvalue weighted by atomic mass is 10.00. The van der Waals surface area contributed by atoms with Crippen molar-refractivity contribution in [1.82, 2.24) is 0 Å². The van der Waals surface area contributed by atoms with Crippen molar-refractivity contribution in [2.75, 3.05) is 62.0 Å². The van der Waals surface area contributed by atoms with E-state index in [4.69, 9.17) is 75.8 Å². The minimum absolute atomic E-state index is 0.0128. The Balaban J connectivity index is 0.000000335. The van der Waals surface area contributed by atoms with Gasteiger partial charge in [-0.25, -0.2) is 19.2 Å². The van der Waals surface area contributed by atoms with Crippen LogP contribution in [0.25, 0.3) is 12.2 Å². The molecule has 568 valence electrons. The van der Waals surface area contributed by atoms with Crippen LogP contribution >= 0.6 is 0 Å². The zero-order valence-corrected chi connectivity index (χ0v) is 65.7. The van der Waals surface area contributed by atoms with E-state index in [1.54, 1.807) is 99.0 Å². The Morgan fingerprint density at radius 1 is 0.529 bits per heavy atom. The van der Waals surface area contributed by atoms with Gasteiger partial charge in [-0.15, -0.1) is 0 Å². The second-order valence-electron chi connectivity index (χ2n) is 28.8. The summed E-state index contributed by atoms with van der Waals surface area (Å²) in [6.45, 7) is 27.2. The topological polar surface area (TPSA) is 236 Å². The van der Waals surface area contributed by atoms with Crippen molar-refractivity contribution in [3.63, 3.8) is 0 Å². The molecular formula is C81H110O21Si2. The highest BCUT2D eigenvalue weighted by atomic mass is 28.3. The van der Waals surface area contributed by atoms with Crippen LogP contribution in [0.5, 0.6) is 23.0 Å². The zero-order valence-electron chi connectivity index (χ0n) is 63.7. The number of aryl methyl sites for hydroxylation is 1. The second-order valence-corrected chi connectivity index (χ2v) is 40.1. The van der Waals surface area contributed by atoms with Crippen LogP contribution < -0.4 is 18.9 Å². The maximum absolute atomic E-state index is 13.7. The zero-order chi connectivity index (χ0) is 76.0. The predicted molar refractivity (Wildman–Crippen MR) is 405 cm³/mol. The molecule has 5 aromatic rings.